The first kappa shape index (κ1) is 16.7. The standard InChI is InChI=1S/C19H21FN2OS/c1-3-23-18-7-5-4-6-16(18)21-19(24)22-13(2)8-9-14-12-15(20)10-11-17(14)22/h4-7,10-13H,3,8-9H2,1-2H3,(H,21,24). The van der Waals surface area contributed by atoms with Crippen molar-refractivity contribution in [1.82, 2.24) is 0 Å². The highest BCUT2D eigenvalue weighted by molar-refractivity contribution is 7.80. The Balaban J connectivity index is 1.88. The molecule has 1 heterocycles. The van der Waals surface area contributed by atoms with Crippen LogP contribution in [-0.4, -0.2) is 17.8 Å². The van der Waals surface area contributed by atoms with Gasteiger partial charge in [0, 0.05) is 11.7 Å². The molecule has 5 heteroatoms. The lowest BCUT2D eigenvalue weighted by Gasteiger charge is -2.37. The number of fused-ring (bicyclic) bond motifs is 1. The van der Waals surface area contributed by atoms with Gasteiger partial charge in [0.1, 0.15) is 11.6 Å². The Bertz CT molecular complexity index is 750. The maximum Gasteiger partial charge on any atom is 0.178 e. The van der Waals surface area contributed by atoms with Crippen LogP contribution in [0.4, 0.5) is 15.8 Å². The summed E-state index contributed by atoms with van der Waals surface area (Å²) in [7, 11) is 0. The van der Waals surface area contributed by atoms with Crippen LogP contribution < -0.4 is 15.0 Å². The Hall–Kier alpha value is -2.14. The molecule has 2 aromatic rings. The number of halogens is 1. The van der Waals surface area contributed by atoms with E-state index in [4.69, 9.17) is 17.0 Å². The second-order valence-corrected chi connectivity index (χ2v) is 6.28. The second-order valence-electron chi connectivity index (χ2n) is 5.89. The van der Waals surface area contributed by atoms with Crippen molar-refractivity contribution in [2.45, 2.75) is 32.7 Å². The van der Waals surface area contributed by atoms with Crippen LogP contribution in [0, 0.1) is 5.82 Å². The van der Waals surface area contributed by atoms with Crippen molar-refractivity contribution in [3.8, 4) is 5.75 Å². The average Bonchev–Trinajstić information content (AvgIpc) is 2.57. The molecule has 0 spiro atoms. The van der Waals surface area contributed by atoms with Gasteiger partial charge in [-0.2, -0.15) is 0 Å². The fourth-order valence-corrected chi connectivity index (χ4v) is 3.44. The van der Waals surface area contributed by atoms with Crippen LogP contribution in [0.15, 0.2) is 42.5 Å². The first-order chi connectivity index (χ1) is 11.6. The minimum Gasteiger partial charge on any atom is -0.492 e. The summed E-state index contributed by atoms with van der Waals surface area (Å²) < 4.78 is 19.2. The highest BCUT2D eigenvalue weighted by Gasteiger charge is 2.26. The third-order valence-electron chi connectivity index (χ3n) is 4.22. The van der Waals surface area contributed by atoms with E-state index in [1.807, 2.05) is 37.3 Å². The molecule has 3 nitrogen and oxygen atoms in total. The summed E-state index contributed by atoms with van der Waals surface area (Å²) in [5.74, 6) is 0.565. The van der Waals surface area contributed by atoms with Crippen molar-refractivity contribution in [3.05, 3.63) is 53.8 Å². The molecule has 1 N–H and O–H groups in total. The summed E-state index contributed by atoms with van der Waals surface area (Å²) in [4.78, 5) is 2.07. The van der Waals surface area contributed by atoms with E-state index in [0.29, 0.717) is 11.7 Å². The first-order valence-electron chi connectivity index (χ1n) is 8.20. The molecular weight excluding hydrogens is 323 g/mol. The number of nitrogens with zero attached hydrogens (tertiary/aromatic N) is 1. The zero-order valence-electron chi connectivity index (χ0n) is 13.9. The molecule has 0 amide bonds. The number of aryl methyl sites for hydroxylation is 1. The first-order valence-corrected chi connectivity index (χ1v) is 8.61. The number of ether oxygens (including phenoxy) is 1. The molecule has 0 fully saturated rings. The maximum atomic E-state index is 13.5. The SMILES string of the molecule is CCOc1ccccc1NC(=S)N1c2ccc(F)cc2CCC1C. The number of rotatable bonds is 3. The van der Waals surface area contributed by atoms with Gasteiger partial charge in [-0.3, -0.25) is 0 Å². The Morgan fingerprint density at radius 3 is 2.92 bits per heavy atom. The summed E-state index contributed by atoms with van der Waals surface area (Å²) in [6.45, 7) is 4.68. The van der Waals surface area contributed by atoms with Gasteiger partial charge >= 0.3 is 0 Å². The molecule has 1 aliphatic heterocycles. The Kier molecular flexibility index (Phi) is 5.00. The van der Waals surface area contributed by atoms with Gasteiger partial charge in [-0.15, -0.1) is 0 Å². The highest BCUT2D eigenvalue weighted by Crippen LogP contribution is 2.33. The van der Waals surface area contributed by atoms with Gasteiger partial charge in [-0.1, -0.05) is 12.1 Å². The number of hydrogen-bond acceptors (Lipinski definition) is 2. The summed E-state index contributed by atoms with van der Waals surface area (Å²) in [5.41, 5.74) is 2.81. The van der Waals surface area contributed by atoms with Gasteiger partial charge in [0.15, 0.2) is 5.11 Å². The summed E-state index contributed by atoms with van der Waals surface area (Å²) in [6.07, 6.45) is 1.80. The van der Waals surface area contributed by atoms with Crippen molar-refractivity contribution in [2.24, 2.45) is 0 Å². The minimum absolute atomic E-state index is 0.205. The van der Waals surface area contributed by atoms with E-state index < -0.39 is 0 Å². The van der Waals surface area contributed by atoms with E-state index in [2.05, 4.69) is 17.1 Å². The fraction of sp³-hybridized carbons (Fsp3) is 0.316. The van der Waals surface area contributed by atoms with Gasteiger partial charge in [0.25, 0.3) is 0 Å². The Morgan fingerprint density at radius 2 is 2.12 bits per heavy atom. The van der Waals surface area contributed by atoms with Gasteiger partial charge in [0.2, 0.25) is 0 Å². The number of benzene rings is 2. The van der Waals surface area contributed by atoms with Gasteiger partial charge in [-0.25, -0.2) is 4.39 Å². The van der Waals surface area contributed by atoms with E-state index in [1.54, 1.807) is 6.07 Å². The highest BCUT2D eigenvalue weighted by atomic mass is 32.1. The molecule has 24 heavy (non-hydrogen) atoms. The van der Waals surface area contributed by atoms with Crippen molar-refractivity contribution < 1.29 is 9.13 Å². The monoisotopic (exact) mass is 344 g/mol. The lowest BCUT2D eigenvalue weighted by atomic mass is 9.97. The minimum atomic E-state index is -0.205. The third kappa shape index (κ3) is 3.36. The number of para-hydroxylation sites is 2. The molecule has 0 radical (unpaired) electrons. The number of anilines is 2. The molecule has 0 aliphatic carbocycles. The van der Waals surface area contributed by atoms with Gasteiger partial charge in [0.05, 0.1) is 12.3 Å². The number of thiocarbonyl (C=S) groups is 1. The molecule has 1 atom stereocenters. The van der Waals surface area contributed by atoms with Crippen LogP contribution in [-0.2, 0) is 6.42 Å². The predicted molar refractivity (Wildman–Crippen MR) is 100 cm³/mol. The Morgan fingerprint density at radius 1 is 1.33 bits per heavy atom. The smallest absolute Gasteiger partial charge is 0.178 e. The Labute approximate surface area is 147 Å². The van der Waals surface area contributed by atoms with E-state index in [9.17, 15) is 4.39 Å². The second kappa shape index (κ2) is 7.18. The molecule has 1 unspecified atom stereocenters. The normalized spacial score (nSPS) is 16.5. The van der Waals surface area contributed by atoms with E-state index in [-0.39, 0.29) is 11.9 Å². The van der Waals surface area contributed by atoms with Gasteiger partial charge < -0.3 is 15.0 Å². The van der Waals surface area contributed by atoms with Crippen LogP contribution in [0.1, 0.15) is 25.8 Å². The molecule has 0 bridgehead atoms. The number of nitrogens with one attached hydrogen (secondary N) is 1. The molecule has 2 aromatic carbocycles. The van der Waals surface area contributed by atoms with Crippen molar-refractivity contribution >= 4 is 28.7 Å². The van der Waals surface area contributed by atoms with E-state index >= 15 is 0 Å². The summed E-state index contributed by atoms with van der Waals surface area (Å²) in [6, 6.07) is 12.9. The average molecular weight is 344 g/mol. The molecule has 0 saturated heterocycles. The molecular formula is C19H21FN2OS. The molecule has 0 saturated carbocycles. The predicted octanol–water partition coefficient (Wildman–Crippen LogP) is 4.76. The fourth-order valence-electron chi connectivity index (χ4n) is 3.06. The largest absolute Gasteiger partial charge is 0.492 e. The zero-order chi connectivity index (χ0) is 17.1. The maximum absolute atomic E-state index is 13.5. The zero-order valence-corrected chi connectivity index (χ0v) is 14.7. The number of hydrogen-bond donors (Lipinski definition) is 1. The topological polar surface area (TPSA) is 24.5 Å². The lowest BCUT2D eigenvalue weighted by molar-refractivity contribution is 0.342. The van der Waals surface area contributed by atoms with Crippen molar-refractivity contribution in [3.63, 3.8) is 0 Å². The van der Waals surface area contributed by atoms with Crippen LogP contribution in [0.5, 0.6) is 5.75 Å². The lowest BCUT2D eigenvalue weighted by Crippen LogP contribution is -2.44. The molecule has 3 rings (SSSR count). The van der Waals surface area contributed by atoms with Crippen LogP contribution in [0.2, 0.25) is 0 Å². The quantitative estimate of drug-likeness (QED) is 0.811. The third-order valence-corrected chi connectivity index (χ3v) is 4.52. The van der Waals surface area contributed by atoms with Crippen molar-refractivity contribution in [2.75, 3.05) is 16.8 Å². The molecule has 0 aromatic heterocycles. The summed E-state index contributed by atoms with van der Waals surface area (Å²) >= 11 is 5.65. The summed E-state index contributed by atoms with van der Waals surface area (Å²) in [5, 5.41) is 3.89. The van der Waals surface area contributed by atoms with E-state index in [0.717, 1.165) is 35.5 Å². The van der Waals surface area contributed by atoms with Crippen LogP contribution in [0.3, 0.4) is 0 Å². The molecule has 126 valence electrons. The van der Waals surface area contributed by atoms with Crippen LogP contribution in [0.25, 0.3) is 0 Å². The van der Waals surface area contributed by atoms with Crippen molar-refractivity contribution in [1.29, 1.82) is 0 Å². The van der Waals surface area contributed by atoms with Crippen LogP contribution >= 0.6 is 12.2 Å². The molecule has 1 aliphatic rings. The van der Waals surface area contributed by atoms with Gasteiger partial charge in [-0.05, 0) is 74.8 Å². The van der Waals surface area contributed by atoms with E-state index in [1.165, 1.54) is 6.07 Å².